The van der Waals surface area contributed by atoms with Crippen molar-refractivity contribution < 1.29 is 14.6 Å². The SMILES string of the molecule is CC(=O)N1CC2(C[C@@H](O)[C@H](N3CCOc4ccccc4C3)C2)C1C(C)C. The van der Waals surface area contributed by atoms with Gasteiger partial charge in [-0.1, -0.05) is 32.0 Å². The van der Waals surface area contributed by atoms with Crippen molar-refractivity contribution in [2.75, 3.05) is 19.7 Å². The fourth-order valence-electron chi connectivity index (χ4n) is 5.68. The fourth-order valence-corrected chi connectivity index (χ4v) is 5.68. The van der Waals surface area contributed by atoms with Crippen LogP contribution in [0.4, 0.5) is 0 Å². The van der Waals surface area contributed by atoms with Gasteiger partial charge >= 0.3 is 0 Å². The van der Waals surface area contributed by atoms with Crippen molar-refractivity contribution in [1.82, 2.24) is 9.80 Å². The lowest BCUT2D eigenvalue weighted by atomic mass is 9.65. The maximum absolute atomic E-state index is 12.0. The van der Waals surface area contributed by atoms with E-state index < -0.39 is 0 Å². The highest BCUT2D eigenvalue weighted by Gasteiger charge is 2.60. The Balaban J connectivity index is 1.53. The van der Waals surface area contributed by atoms with E-state index in [-0.39, 0.29) is 29.5 Å². The third-order valence-corrected chi connectivity index (χ3v) is 6.61. The Morgan fingerprint density at radius 3 is 2.81 bits per heavy atom. The van der Waals surface area contributed by atoms with Crippen LogP contribution < -0.4 is 4.74 Å². The van der Waals surface area contributed by atoms with Crippen LogP contribution in [0.3, 0.4) is 0 Å². The standard InChI is InChI=1S/C21H30N2O3/c1-14(2)20-21(13-23(20)15(3)24)10-17(18(25)11-21)22-8-9-26-19-7-5-4-6-16(19)12-22/h4-7,14,17-18,20,25H,8-13H2,1-3H3/t17-,18-,20?,21?/m1/s1. The van der Waals surface area contributed by atoms with Crippen molar-refractivity contribution in [2.24, 2.45) is 11.3 Å². The molecule has 1 aromatic carbocycles. The van der Waals surface area contributed by atoms with E-state index >= 15 is 0 Å². The average molecular weight is 358 g/mol. The van der Waals surface area contributed by atoms with Crippen molar-refractivity contribution in [1.29, 1.82) is 0 Å². The normalized spacial score (nSPS) is 34.3. The van der Waals surface area contributed by atoms with Gasteiger partial charge in [0, 0.05) is 49.6 Å². The molecule has 5 heteroatoms. The zero-order chi connectivity index (χ0) is 18.5. The Morgan fingerprint density at radius 1 is 1.31 bits per heavy atom. The molecular formula is C21H30N2O3. The van der Waals surface area contributed by atoms with E-state index in [0.717, 1.165) is 38.2 Å². The molecule has 1 saturated heterocycles. The van der Waals surface area contributed by atoms with Crippen LogP contribution in [-0.4, -0.2) is 58.7 Å². The molecule has 1 N–H and O–H groups in total. The summed E-state index contributed by atoms with van der Waals surface area (Å²) in [6.07, 6.45) is 1.42. The summed E-state index contributed by atoms with van der Waals surface area (Å²) in [5.41, 5.74) is 1.26. The first-order chi connectivity index (χ1) is 12.4. The molecule has 1 amide bonds. The van der Waals surface area contributed by atoms with Gasteiger partial charge in [0.05, 0.1) is 6.10 Å². The molecule has 1 aromatic rings. The Labute approximate surface area is 155 Å². The summed E-state index contributed by atoms with van der Waals surface area (Å²) in [4.78, 5) is 16.4. The van der Waals surface area contributed by atoms with Crippen molar-refractivity contribution in [2.45, 2.75) is 58.3 Å². The van der Waals surface area contributed by atoms with Gasteiger partial charge in [-0.25, -0.2) is 0 Å². The van der Waals surface area contributed by atoms with E-state index in [1.165, 1.54) is 5.56 Å². The van der Waals surface area contributed by atoms with Crippen LogP contribution >= 0.6 is 0 Å². The molecule has 0 radical (unpaired) electrons. The highest BCUT2D eigenvalue weighted by molar-refractivity contribution is 5.75. The highest BCUT2D eigenvalue weighted by atomic mass is 16.5. The first-order valence-electron chi connectivity index (χ1n) is 9.81. The average Bonchev–Trinajstić information content (AvgIpc) is 2.78. The number of hydrogen-bond donors (Lipinski definition) is 1. The minimum atomic E-state index is -0.337. The van der Waals surface area contributed by atoms with Crippen molar-refractivity contribution in [3.63, 3.8) is 0 Å². The largest absolute Gasteiger partial charge is 0.492 e. The molecule has 2 aliphatic heterocycles. The summed E-state index contributed by atoms with van der Waals surface area (Å²) >= 11 is 0. The van der Waals surface area contributed by atoms with E-state index in [2.05, 4.69) is 24.8 Å². The molecule has 4 atom stereocenters. The van der Waals surface area contributed by atoms with Gasteiger partial charge in [-0.15, -0.1) is 0 Å². The number of aliphatic hydroxyl groups is 1. The molecule has 2 fully saturated rings. The lowest BCUT2D eigenvalue weighted by molar-refractivity contribution is -0.158. The molecule has 1 saturated carbocycles. The zero-order valence-corrected chi connectivity index (χ0v) is 16.0. The lowest BCUT2D eigenvalue weighted by Gasteiger charge is -2.58. The molecule has 1 aliphatic carbocycles. The first-order valence-corrected chi connectivity index (χ1v) is 9.81. The van der Waals surface area contributed by atoms with Crippen LogP contribution in [0.1, 0.15) is 39.2 Å². The number of amides is 1. The summed E-state index contributed by atoms with van der Waals surface area (Å²) in [6.45, 7) is 9.13. The number of ether oxygens (including phenoxy) is 1. The molecule has 0 aromatic heterocycles. The predicted molar refractivity (Wildman–Crippen MR) is 99.8 cm³/mol. The van der Waals surface area contributed by atoms with Gasteiger partial charge in [0.15, 0.2) is 0 Å². The minimum absolute atomic E-state index is 0.0661. The van der Waals surface area contributed by atoms with Crippen molar-refractivity contribution in [3.05, 3.63) is 29.8 Å². The Hall–Kier alpha value is -1.59. The highest BCUT2D eigenvalue weighted by Crippen LogP contribution is 2.54. The lowest BCUT2D eigenvalue weighted by Crippen LogP contribution is -2.67. The fraction of sp³-hybridized carbons (Fsp3) is 0.667. The Bertz CT molecular complexity index is 692. The smallest absolute Gasteiger partial charge is 0.219 e. The van der Waals surface area contributed by atoms with Crippen molar-refractivity contribution in [3.8, 4) is 5.75 Å². The minimum Gasteiger partial charge on any atom is -0.492 e. The van der Waals surface area contributed by atoms with Crippen LogP contribution in [0.5, 0.6) is 5.75 Å². The summed E-state index contributed by atoms with van der Waals surface area (Å²) in [6, 6.07) is 8.57. The second kappa shape index (κ2) is 6.54. The molecule has 5 nitrogen and oxygen atoms in total. The number of benzene rings is 1. The van der Waals surface area contributed by atoms with Gasteiger partial charge < -0.3 is 14.7 Å². The van der Waals surface area contributed by atoms with Crippen LogP contribution in [0.2, 0.25) is 0 Å². The van der Waals surface area contributed by atoms with E-state index in [1.807, 2.05) is 23.1 Å². The van der Waals surface area contributed by atoms with Crippen LogP contribution in [0.25, 0.3) is 0 Å². The van der Waals surface area contributed by atoms with Crippen LogP contribution in [0, 0.1) is 11.3 Å². The Kier molecular flexibility index (Phi) is 4.48. The number of carbonyl (C=O) groups excluding carboxylic acids is 1. The van der Waals surface area contributed by atoms with E-state index in [4.69, 9.17) is 4.74 Å². The summed E-state index contributed by atoms with van der Waals surface area (Å²) in [5.74, 6) is 1.53. The molecule has 26 heavy (non-hydrogen) atoms. The molecule has 142 valence electrons. The number of fused-ring (bicyclic) bond motifs is 1. The van der Waals surface area contributed by atoms with Crippen LogP contribution in [-0.2, 0) is 11.3 Å². The Morgan fingerprint density at radius 2 is 2.08 bits per heavy atom. The van der Waals surface area contributed by atoms with Gasteiger partial charge in [0.2, 0.25) is 5.91 Å². The monoisotopic (exact) mass is 358 g/mol. The molecule has 1 spiro atoms. The number of nitrogens with zero attached hydrogens (tertiary/aromatic N) is 2. The number of likely N-dealkylation sites (tertiary alicyclic amines) is 1. The molecule has 4 rings (SSSR count). The quantitative estimate of drug-likeness (QED) is 0.881. The molecule has 2 unspecified atom stereocenters. The summed E-state index contributed by atoms with van der Waals surface area (Å²) in [5, 5.41) is 10.9. The zero-order valence-electron chi connectivity index (χ0n) is 16.0. The second-order valence-electron chi connectivity index (χ2n) is 8.67. The van der Waals surface area contributed by atoms with Gasteiger partial charge in [0.25, 0.3) is 0 Å². The van der Waals surface area contributed by atoms with Crippen LogP contribution in [0.15, 0.2) is 24.3 Å². The number of aliphatic hydroxyl groups excluding tert-OH is 1. The predicted octanol–water partition coefficient (Wildman–Crippen LogP) is 2.28. The van der Waals surface area contributed by atoms with Gasteiger partial charge in [-0.05, 0) is 24.8 Å². The van der Waals surface area contributed by atoms with Crippen molar-refractivity contribution >= 4 is 5.91 Å². The van der Waals surface area contributed by atoms with Gasteiger partial charge in [0.1, 0.15) is 12.4 Å². The summed E-state index contributed by atoms with van der Waals surface area (Å²) < 4.78 is 5.90. The number of carbonyl (C=O) groups is 1. The maximum Gasteiger partial charge on any atom is 0.219 e. The third-order valence-electron chi connectivity index (χ3n) is 6.61. The molecular weight excluding hydrogens is 328 g/mol. The summed E-state index contributed by atoms with van der Waals surface area (Å²) in [7, 11) is 0. The molecule has 0 bridgehead atoms. The van der Waals surface area contributed by atoms with Gasteiger partial charge in [-0.3, -0.25) is 9.69 Å². The third kappa shape index (κ3) is 2.81. The number of hydrogen-bond acceptors (Lipinski definition) is 4. The van der Waals surface area contributed by atoms with Gasteiger partial charge in [-0.2, -0.15) is 0 Å². The second-order valence-corrected chi connectivity index (χ2v) is 8.67. The topological polar surface area (TPSA) is 53.0 Å². The number of rotatable bonds is 2. The van der Waals surface area contributed by atoms with E-state index in [1.54, 1.807) is 6.92 Å². The molecule has 3 aliphatic rings. The van der Waals surface area contributed by atoms with E-state index in [9.17, 15) is 9.90 Å². The first kappa shape index (κ1) is 17.8. The number of para-hydroxylation sites is 1. The van der Waals surface area contributed by atoms with E-state index in [0.29, 0.717) is 12.5 Å². The maximum atomic E-state index is 12.0. The molecule has 2 heterocycles.